The molecule has 0 radical (unpaired) electrons. The topological polar surface area (TPSA) is 75.4 Å². The van der Waals surface area contributed by atoms with E-state index in [1.165, 1.54) is 0 Å². The molecule has 30 heavy (non-hydrogen) atoms. The highest BCUT2D eigenvalue weighted by Gasteiger charge is 2.33. The molecule has 6 nitrogen and oxygen atoms in total. The van der Waals surface area contributed by atoms with Gasteiger partial charge in [-0.3, -0.25) is 9.59 Å². The number of carbonyl (C=O) groups excluding carboxylic acids is 1. The summed E-state index contributed by atoms with van der Waals surface area (Å²) in [6.45, 7) is 4.30. The molecule has 0 saturated heterocycles. The molecule has 0 bridgehead atoms. The summed E-state index contributed by atoms with van der Waals surface area (Å²) >= 11 is 0. The molecule has 3 atom stereocenters. The number of hydrogen-bond acceptors (Lipinski definition) is 3. The smallest absolute Gasteiger partial charge is 0.310 e. The monoisotopic (exact) mass is 405 g/mol. The molecule has 3 aromatic rings. The molecule has 0 fully saturated rings. The maximum atomic E-state index is 13.1. The van der Waals surface area contributed by atoms with Gasteiger partial charge in [0.05, 0.1) is 11.8 Å². The Morgan fingerprint density at radius 2 is 1.87 bits per heavy atom. The minimum Gasteiger partial charge on any atom is -0.481 e. The molecule has 4 rings (SSSR count). The van der Waals surface area contributed by atoms with Gasteiger partial charge < -0.3 is 14.6 Å². The Morgan fingerprint density at radius 3 is 2.57 bits per heavy atom. The van der Waals surface area contributed by atoms with Gasteiger partial charge in [0.25, 0.3) is 0 Å². The molecule has 0 spiro atoms. The fraction of sp³-hybridized carbons (Fsp3) is 0.375. The average Bonchev–Trinajstić information content (AvgIpc) is 3.11. The molecule has 156 valence electrons. The van der Waals surface area contributed by atoms with E-state index in [1.54, 1.807) is 13.1 Å². The maximum absolute atomic E-state index is 13.1. The Bertz CT molecular complexity index is 1090. The van der Waals surface area contributed by atoms with Crippen molar-refractivity contribution in [3.63, 3.8) is 0 Å². The lowest BCUT2D eigenvalue weighted by molar-refractivity contribution is -0.138. The minimum atomic E-state index is -0.833. The zero-order valence-electron chi connectivity index (χ0n) is 17.6. The first kappa shape index (κ1) is 20.1. The summed E-state index contributed by atoms with van der Waals surface area (Å²) in [5.74, 6) is -1.54. The summed E-state index contributed by atoms with van der Waals surface area (Å²) in [4.78, 5) is 31.3. The highest BCUT2D eigenvalue weighted by molar-refractivity contribution is 5.89. The number of benzene rings is 1. The molecule has 1 aromatic carbocycles. The van der Waals surface area contributed by atoms with E-state index in [0.717, 1.165) is 40.7 Å². The molecule has 2 aromatic heterocycles. The second-order valence-electron chi connectivity index (χ2n) is 8.18. The number of carboxylic acids is 1. The van der Waals surface area contributed by atoms with Crippen LogP contribution in [0.3, 0.4) is 0 Å². The lowest BCUT2D eigenvalue weighted by atomic mass is 9.93. The van der Waals surface area contributed by atoms with Crippen molar-refractivity contribution in [1.29, 1.82) is 0 Å². The van der Waals surface area contributed by atoms with Crippen LogP contribution in [0, 0.1) is 0 Å². The van der Waals surface area contributed by atoms with E-state index in [9.17, 15) is 14.7 Å². The molecular formula is C24H27N3O3. The molecule has 0 saturated carbocycles. The zero-order valence-corrected chi connectivity index (χ0v) is 17.6. The van der Waals surface area contributed by atoms with Crippen LogP contribution in [0.2, 0.25) is 0 Å². The summed E-state index contributed by atoms with van der Waals surface area (Å²) < 4.78 is 2.12. The molecule has 1 amide bonds. The fourth-order valence-corrected chi connectivity index (χ4v) is 4.62. The second kappa shape index (κ2) is 7.94. The number of fused-ring (bicyclic) bond motifs is 3. The Morgan fingerprint density at radius 1 is 1.13 bits per heavy atom. The van der Waals surface area contributed by atoms with Crippen LogP contribution in [-0.2, 0) is 22.6 Å². The van der Waals surface area contributed by atoms with Crippen LogP contribution in [0.5, 0.6) is 0 Å². The van der Waals surface area contributed by atoms with Crippen molar-refractivity contribution in [1.82, 2.24) is 14.5 Å². The Hall–Kier alpha value is -3.15. The molecule has 3 heterocycles. The normalized spacial score (nSPS) is 17.9. The molecule has 6 heteroatoms. The summed E-state index contributed by atoms with van der Waals surface area (Å²) in [5.41, 5.74) is 3.70. The van der Waals surface area contributed by atoms with Crippen molar-refractivity contribution in [2.24, 2.45) is 0 Å². The summed E-state index contributed by atoms with van der Waals surface area (Å²) in [6, 6.07) is 13.7. The van der Waals surface area contributed by atoms with Crippen LogP contribution in [0.15, 0.2) is 48.7 Å². The molecule has 1 unspecified atom stereocenters. The summed E-state index contributed by atoms with van der Waals surface area (Å²) in [7, 11) is 1.87. The first-order chi connectivity index (χ1) is 14.4. The predicted octanol–water partition coefficient (Wildman–Crippen LogP) is 3.80. The summed E-state index contributed by atoms with van der Waals surface area (Å²) in [6.07, 6.45) is 3.27. The van der Waals surface area contributed by atoms with Crippen LogP contribution >= 0.6 is 0 Å². The van der Waals surface area contributed by atoms with Crippen LogP contribution in [0.4, 0.5) is 0 Å². The standard InChI is InChI=1S/C24H27N3O3/c1-15(17-8-5-4-6-9-17)23(28)26(3)18-11-12-20-21(16(2)24(29)30)19-10-7-13-25-22(19)27(20)14-18/h4-10,13,15-16,18H,11-12,14H2,1-3H3,(H,29,30)/t15-,16?,18+/m0/s1. The van der Waals surface area contributed by atoms with Crippen LogP contribution in [0.1, 0.15) is 48.9 Å². The van der Waals surface area contributed by atoms with E-state index in [2.05, 4.69) is 9.55 Å². The van der Waals surface area contributed by atoms with Crippen molar-refractivity contribution < 1.29 is 14.7 Å². The van der Waals surface area contributed by atoms with Crippen molar-refractivity contribution in [2.75, 3.05) is 7.05 Å². The summed E-state index contributed by atoms with van der Waals surface area (Å²) in [5, 5.41) is 10.5. The van der Waals surface area contributed by atoms with E-state index in [-0.39, 0.29) is 17.9 Å². The average molecular weight is 405 g/mol. The highest BCUT2D eigenvalue weighted by Crippen LogP contribution is 2.35. The molecule has 1 aliphatic heterocycles. The van der Waals surface area contributed by atoms with E-state index in [4.69, 9.17) is 0 Å². The van der Waals surface area contributed by atoms with Gasteiger partial charge in [0.2, 0.25) is 5.91 Å². The number of aliphatic carboxylic acids is 1. The van der Waals surface area contributed by atoms with Crippen molar-refractivity contribution in [2.45, 2.75) is 51.1 Å². The van der Waals surface area contributed by atoms with Crippen molar-refractivity contribution in [3.05, 3.63) is 65.5 Å². The zero-order chi connectivity index (χ0) is 21.4. The van der Waals surface area contributed by atoms with E-state index in [1.807, 2.05) is 61.3 Å². The number of pyridine rings is 1. The van der Waals surface area contributed by atoms with Gasteiger partial charge >= 0.3 is 5.97 Å². The predicted molar refractivity (Wildman–Crippen MR) is 116 cm³/mol. The molecule has 1 aliphatic rings. The number of carboxylic acid groups (broad SMARTS) is 1. The van der Waals surface area contributed by atoms with Gasteiger partial charge in [-0.25, -0.2) is 4.98 Å². The van der Waals surface area contributed by atoms with Crippen LogP contribution < -0.4 is 0 Å². The number of amides is 1. The van der Waals surface area contributed by atoms with Gasteiger partial charge in [-0.05, 0) is 49.9 Å². The highest BCUT2D eigenvalue weighted by atomic mass is 16.4. The lowest BCUT2D eigenvalue weighted by Gasteiger charge is -2.34. The van der Waals surface area contributed by atoms with Gasteiger partial charge in [0.15, 0.2) is 0 Å². The van der Waals surface area contributed by atoms with E-state index >= 15 is 0 Å². The first-order valence-corrected chi connectivity index (χ1v) is 10.4. The Labute approximate surface area is 176 Å². The third-order valence-electron chi connectivity index (χ3n) is 6.45. The number of aromatic nitrogens is 2. The van der Waals surface area contributed by atoms with Crippen LogP contribution in [0.25, 0.3) is 11.0 Å². The fourth-order valence-electron chi connectivity index (χ4n) is 4.62. The number of hydrogen-bond donors (Lipinski definition) is 1. The Kier molecular flexibility index (Phi) is 5.33. The van der Waals surface area contributed by atoms with Crippen LogP contribution in [-0.4, -0.2) is 44.5 Å². The van der Waals surface area contributed by atoms with Gasteiger partial charge in [-0.1, -0.05) is 30.3 Å². The quantitative estimate of drug-likeness (QED) is 0.701. The Balaban J connectivity index is 1.64. The lowest BCUT2D eigenvalue weighted by Crippen LogP contribution is -2.44. The number of likely N-dealkylation sites (N-methyl/N-ethyl adjacent to an activating group) is 1. The molecule has 1 N–H and O–H groups in total. The van der Waals surface area contributed by atoms with Gasteiger partial charge in [-0.15, -0.1) is 0 Å². The maximum Gasteiger partial charge on any atom is 0.310 e. The third-order valence-corrected chi connectivity index (χ3v) is 6.45. The van der Waals surface area contributed by atoms with Gasteiger partial charge in [0.1, 0.15) is 5.65 Å². The first-order valence-electron chi connectivity index (χ1n) is 10.4. The third kappa shape index (κ3) is 3.36. The second-order valence-corrected chi connectivity index (χ2v) is 8.18. The largest absolute Gasteiger partial charge is 0.481 e. The van der Waals surface area contributed by atoms with Crippen molar-refractivity contribution in [3.8, 4) is 0 Å². The number of rotatable bonds is 5. The van der Waals surface area contributed by atoms with Crippen molar-refractivity contribution >= 4 is 22.9 Å². The van der Waals surface area contributed by atoms with Gasteiger partial charge in [-0.2, -0.15) is 0 Å². The SMILES string of the molecule is CC(C(=O)O)c1c2n(c3ncccc13)C[C@H](N(C)C(=O)[C@@H](C)c1ccccc1)CC2. The molecular weight excluding hydrogens is 378 g/mol. The minimum absolute atomic E-state index is 0.0433. The number of carbonyl (C=O) groups is 2. The van der Waals surface area contributed by atoms with Gasteiger partial charge in [0, 0.05) is 36.9 Å². The number of nitrogens with zero attached hydrogens (tertiary/aromatic N) is 3. The van der Waals surface area contributed by atoms with E-state index in [0.29, 0.717) is 6.54 Å². The molecule has 0 aliphatic carbocycles. The van der Waals surface area contributed by atoms with E-state index < -0.39 is 11.9 Å².